The number of halogens is 4. The maximum Gasteiger partial charge on any atom is 0.419 e. The molecular weight excluding hydrogens is 270 g/mol. The molecule has 1 unspecified atom stereocenters. The molecule has 0 saturated heterocycles. The molecule has 1 N–H and O–H groups in total. The highest BCUT2D eigenvalue weighted by atomic mass is 19.4. The largest absolute Gasteiger partial charge is 0.419 e. The predicted molar refractivity (Wildman–Crippen MR) is 67.9 cm³/mol. The monoisotopic (exact) mass is 281 g/mol. The van der Waals surface area contributed by atoms with Crippen LogP contribution in [-0.2, 0) is 12.6 Å². The number of hydrogen-bond donors (Lipinski definition) is 1. The second kappa shape index (κ2) is 4.51. The summed E-state index contributed by atoms with van der Waals surface area (Å²) in [6, 6.07) is 10.5. The molecule has 20 heavy (non-hydrogen) atoms. The summed E-state index contributed by atoms with van der Waals surface area (Å²) in [5.41, 5.74) is 1.32. The molecule has 0 aliphatic carbocycles. The maximum absolute atomic E-state index is 13.6. The van der Waals surface area contributed by atoms with Gasteiger partial charge in [-0.1, -0.05) is 24.3 Å². The first-order chi connectivity index (χ1) is 9.45. The number of benzene rings is 2. The zero-order valence-corrected chi connectivity index (χ0v) is 10.3. The second-order valence-corrected chi connectivity index (χ2v) is 4.80. The quantitative estimate of drug-likeness (QED) is 0.756. The van der Waals surface area contributed by atoms with Crippen molar-refractivity contribution < 1.29 is 17.6 Å². The van der Waals surface area contributed by atoms with E-state index in [-0.39, 0.29) is 6.04 Å². The van der Waals surface area contributed by atoms with Gasteiger partial charge in [-0.3, -0.25) is 0 Å². The fourth-order valence-corrected chi connectivity index (χ4v) is 2.48. The van der Waals surface area contributed by atoms with E-state index in [9.17, 15) is 17.6 Å². The average molecular weight is 281 g/mol. The summed E-state index contributed by atoms with van der Waals surface area (Å²) in [6.45, 7) is 0. The average Bonchev–Trinajstić information content (AvgIpc) is 2.80. The van der Waals surface area contributed by atoms with Crippen LogP contribution in [-0.4, -0.2) is 0 Å². The van der Waals surface area contributed by atoms with Crippen molar-refractivity contribution in [1.82, 2.24) is 0 Å². The van der Waals surface area contributed by atoms with Crippen LogP contribution >= 0.6 is 0 Å². The third-order valence-electron chi connectivity index (χ3n) is 3.47. The highest BCUT2D eigenvalue weighted by Crippen LogP contribution is 2.36. The van der Waals surface area contributed by atoms with Gasteiger partial charge in [0.05, 0.1) is 11.6 Å². The number of para-hydroxylation sites is 1. The molecule has 1 atom stereocenters. The molecule has 0 saturated carbocycles. The number of anilines is 1. The molecule has 0 aromatic heterocycles. The van der Waals surface area contributed by atoms with Gasteiger partial charge in [0.15, 0.2) is 0 Å². The lowest BCUT2D eigenvalue weighted by molar-refractivity contribution is -0.140. The van der Waals surface area contributed by atoms with E-state index in [1.807, 2.05) is 24.3 Å². The lowest BCUT2D eigenvalue weighted by atomic mass is 10.0. The van der Waals surface area contributed by atoms with Crippen LogP contribution in [0.2, 0.25) is 0 Å². The molecule has 0 fully saturated rings. The van der Waals surface area contributed by atoms with Crippen molar-refractivity contribution >= 4 is 5.69 Å². The van der Waals surface area contributed by atoms with Gasteiger partial charge in [0.1, 0.15) is 5.82 Å². The summed E-state index contributed by atoms with van der Waals surface area (Å²) < 4.78 is 51.1. The van der Waals surface area contributed by atoms with Gasteiger partial charge >= 0.3 is 6.18 Å². The number of hydrogen-bond acceptors (Lipinski definition) is 1. The maximum atomic E-state index is 13.6. The third kappa shape index (κ3) is 2.24. The smallest absolute Gasteiger partial charge is 0.378 e. The fourth-order valence-electron chi connectivity index (χ4n) is 2.48. The van der Waals surface area contributed by atoms with E-state index < -0.39 is 17.6 Å². The Kier molecular flexibility index (Phi) is 2.92. The van der Waals surface area contributed by atoms with E-state index in [4.69, 9.17) is 0 Å². The molecule has 1 aliphatic rings. The van der Waals surface area contributed by atoms with E-state index in [2.05, 4.69) is 5.32 Å². The van der Waals surface area contributed by atoms with Crippen LogP contribution in [0.4, 0.5) is 23.2 Å². The Morgan fingerprint density at radius 2 is 1.80 bits per heavy atom. The van der Waals surface area contributed by atoms with Crippen molar-refractivity contribution in [2.45, 2.75) is 18.6 Å². The van der Waals surface area contributed by atoms with Crippen molar-refractivity contribution in [2.75, 3.05) is 5.32 Å². The van der Waals surface area contributed by atoms with Crippen LogP contribution in [0.25, 0.3) is 0 Å². The molecule has 0 spiro atoms. The molecule has 5 heteroatoms. The number of fused-ring (bicyclic) bond motifs is 1. The molecule has 0 amide bonds. The van der Waals surface area contributed by atoms with E-state index in [0.29, 0.717) is 12.0 Å². The predicted octanol–water partition coefficient (Wildman–Crippen LogP) is 4.55. The minimum Gasteiger partial charge on any atom is -0.378 e. The van der Waals surface area contributed by atoms with Gasteiger partial charge in [0, 0.05) is 5.69 Å². The van der Waals surface area contributed by atoms with Crippen molar-refractivity contribution in [3.05, 3.63) is 65.0 Å². The summed E-state index contributed by atoms with van der Waals surface area (Å²) in [5.74, 6) is -1.23. The van der Waals surface area contributed by atoms with Crippen molar-refractivity contribution in [3.63, 3.8) is 0 Å². The van der Waals surface area contributed by atoms with Gasteiger partial charge in [-0.15, -0.1) is 0 Å². The minimum atomic E-state index is -4.66. The topological polar surface area (TPSA) is 12.0 Å². The Bertz CT molecular complexity index is 624. The molecule has 104 valence electrons. The first-order valence-electron chi connectivity index (χ1n) is 6.16. The summed E-state index contributed by atoms with van der Waals surface area (Å²) in [4.78, 5) is 0. The van der Waals surface area contributed by atoms with Crippen molar-refractivity contribution in [3.8, 4) is 0 Å². The summed E-state index contributed by atoms with van der Waals surface area (Å²) in [6.07, 6.45) is -4.02. The number of alkyl halides is 3. The Labute approximate surface area is 113 Å². The molecule has 1 nitrogen and oxygen atoms in total. The Hall–Kier alpha value is -2.04. The Balaban J connectivity index is 1.89. The third-order valence-corrected chi connectivity index (χ3v) is 3.47. The standard InChI is InChI=1S/C15H11F4N/c16-12-7-10(5-6-11(12)15(17,18)19)14-8-9-3-1-2-4-13(9)20-14/h1-7,14,20H,8H2. The Morgan fingerprint density at radius 3 is 2.45 bits per heavy atom. The van der Waals surface area contributed by atoms with E-state index in [1.54, 1.807) is 0 Å². The summed E-state index contributed by atoms with van der Waals surface area (Å²) >= 11 is 0. The zero-order valence-electron chi connectivity index (χ0n) is 10.3. The molecule has 2 aromatic carbocycles. The molecular formula is C15H11F4N. The van der Waals surface area contributed by atoms with Gasteiger partial charge in [0.25, 0.3) is 0 Å². The van der Waals surface area contributed by atoms with Crippen LogP contribution in [0.1, 0.15) is 22.7 Å². The van der Waals surface area contributed by atoms with E-state index in [1.165, 1.54) is 6.07 Å². The molecule has 3 rings (SSSR count). The second-order valence-electron chi connectivity index (χ2n) is 4.80. The van der Waals surface area contributed by atoms with Gasteiger partial charge in [-0.25, -0.2) is 4.39 Å². The van der Waals surface area contributed by atoms with Gasteiger partial charge in [-0.2, -0.15) is 13.2 Å². The lowest BCUT2D eigenvalue weighted by Gasteiger charge is -2.14. The fraction of sp³-hybridized carbons (Fsp3) is 0.200. The van der Waals surface area contributed by atoms with Crippen LogP contribution in [0, 0.1) is 5.82 Å². The highest BCUT2D eigenvalue weighted by molar-refractivity contribution is 5.58. The summed E-state index contributed by atoms with van der Waals surface area (Å²) in [5, 5.41) is 3.19. The highest BCUT2D eigenvalue weighted by Gasteiger charge is 2.34. The first kappa shape index (κ1) is 13.0. The summed E-state index contributed by atoms with van der Waals surface area (Å²) in [7, 11) is 0. The van der Waals surface area contributed by atoms with Gasteiger partial charge in [-0.05, 0) is 35.7 Å². The minimum absolute atomic E-state index is 0.191. The molecule has 0 radical (unpaired) electrons. The number of rotatable bonds is 1. The van der Waals surface area contributed by atoms with Crippen LogP contribution in [0.5, 0.6) is 0 Å². The zero-order chi connectivity index (χ0) is 14.3. The lowest BCUT2D eigenvalue weighted by Crippen LogP contribution is -2.11. The Morgan fingerprint density at radius 1 is 1.05 bits per heavy atom. The van der Waals surface area contributed by atoms with Gasteiger partial charge < -0.3 is 5.32 Å². The molecule has 2 aromatic rings. The van der Waals surface area contributed by atoms with Crippen LogP contribution in [0.3, 0.4) is 0 Å². The van der Waals surface area contributed by atoms with Crippen LogP contribution < -0.4 is 5.32 Å². The first-order valence-corrected chi connectivity index (χ1v) is 6.16. The van der Waals surface area contributed by atoms with Crippen molar-refractivity contribution in [2.24, 2.45) is 0 Å². The molecule has 1 aliphatic heterocycles. The van der Waals surface area contributed by atoms with Gasteiger partial charge in [0.2, 0.25) is 0 Å². The SMILES string of the molecule is Fc1cc(C2Cc3ccccc3N2)ccc1C(F)(F)F. The van der Waals surface area contributed by atoms with E-state index in [0.717, 1.165) is 23.4 Å². The van der Waals surface area contributed by atoms with Crippen LogP contribution in [0.15, 0.2) is 42.5 Å². The molecule has 0 bridgehead atoms. The van der Waals surface area contributed by atoms with E-state index >= 15 is 0 Å². The number of nitrogens with one attached hydrogen (secondary N) is 1. The normalized spacial score (nSPS) is 17.7. The molecule has 1 heterocycles. The van der Waals surface area contributed by atoms with Crippen molar-refractivity contribution in [1.29, 1.82) is 0 Å².